The summed E-state index contributed by atoms with van der Waals surface area (Å²) in [6.07, 6.45) is 4.59. The lowest BCUT2D eigenvalue weighted by Crippen LogP contribution is -2.22. The molecule has 1 aromatic heterocycles. The number of rotatable bonds is 7. The van der Waals surface area contributed by atoms with E-state index in [0.29, 0.717) is 17.1 Å². The van der Waals surface area contributed by atoms with E-state index in [-0.39, 0.29) is 12.2 Å². The second-order valence-corrected chi connectivity index (χ2v) is 5.27. The number of hydrogen-bond donors (Lipinski definition) is 0. The Morgan fingerprint density at radius 2 is 2.00 bits per heavy atom. The summed E-state index contributed by atoms with van der Waals surface area (Å²) in [6.45, 7) is 0.200. The normalized spacial score (nSPS) is 10.8. The molecule has 0 N–H and O–H groups in total. The molecule has 3 rings (SSSR count). The Bertz CT molecular complexity index is 923. The number of benzene rings is 2. The number of carbonyl (C=O) groups excluding carboxylic acids is 1. The second-order valence-electron chi connectivity index (χ2n) is 5.27. The Labute approximate surface area is 149 Å². The monoisotopic (exact) mass is 351 g/mol. The fourth-order valence-electron chi connectivity index (χ4n) is 2.22. The Morgan fingerprint density at radius 3 is 2.73 bits per heavy atom. The molecular weight excluding hydrogens is 336 g/mol. The number of ether oxygens (including phenoxy) is 2. The number of aromatic carboxylic acids is 1. The molecule has 0 radical (unpaired) electrons. The molecule has 0 aliphatic carbocycles. The van der Waals surface area contributed by atoms with Crippen LogP contribution in [0.4, 0.5) is 0 Å². The third-order valence-electron chi connectivity index (χ3n) is 3.49. The second kappa shape index (κ2) is 7.93. The maximum atomic E-state index is 10.9. The van der Waals surface area contributed by atoms with Crippen molar-refractivity contribution < 1.29 is 19.4 Å². The first-order chi connectivity index (χ1) is 12.7. The molecule has 0 saturated heterocycles. The molecule has 0 spiro atoms. The van der Waals surface area contributed by atoms with Crippen molar-refractivity contribution in [2.24, 2.45) is 5.10 Å². The van der Waals surface area contributed by atoms with Crippen LogP contribution in [-0.2, 0) is 6.61 Å². The number of nitrogens with zero attached hydrogens (tertiary/aromatic N) is 4. The Hall–Kier alpha value is -3.68. The Kier molecular flexibility index (Phi) is 5.23. The first-order valence-electron chi connectivity index (χ1n) is 7.66. The van der Waals surface area contributed by atoms with Crippen LogP contribution in [0.25, 0.3) is 0 Å². The smallest absolute Gasteiger partial charge is 0.161 e. The molecule has 3 aromatic rings. The van der Waals surface area contributed by atoms with E-state index in [0.717, 1.165) is 5.56 Å². The lowest BCUT2D eigenvalue weighted by atomic mass is 10.1. The Balaban J connectivity index is 1.72. The van der Waals surface area contributed by atoms with E-state index in [1.807, 2.05) is 6.07 Å². The topological polar surface area (TPSA) is 102 Å². The van der Waals surface area contributed by atoms with Gasteiger partial charge in [0.25, 0.3) is 0 Å². The molecule has 8 heteroatoms. The maximum absolute atomic E-state index is 10.9. The molecule has 0 fully saturated rings. The highest BCUT2D eigenvalue weighted by Crippen LogP contribution is 2.28. The Morgan fingerprint density at radius 1 is 1.19 bits per heavy atom. The molecule has 0 bridgehead atoms. The zero-order chi connectivity index (χ0) is 18.4. The highest BCUT2D eigenvalue weighted by atomic mass is 16.5. The minimum atomic E-state index is -1.22. The van der Waals surface area contributed by atoms with Crippen molar-refractivity contribution >= 4 is 12.2 Å². The summed E-state index contributed by atoms with van der Waals surface area (Å²) in [4.78, 5) is 10.9. The molecular formula is C18H15N4O4-. The average molecular weight is 351 g/mol. The summed E-state index contributed by atoms with van der Waals surface area (Å²) in [6, 6.07) is 11.8. The van der Waals surface area contributed by atoms with Gasteiger partial charge in [-0.1, -0.05) is 18.2 Å². The van der Waals surface area contributed by atoms with Gasteiger partial charge in [-0.3, -0.25) is 0 Å². The molecule has 0 aliphatic rings. The lowest BCUT2D eigenvalue weighted by Gasteiger charge is -2.12. The van der Waals surface area contributed by atoms with Crippen LogP contribution in [-0.4, -0.2) is 34.2 Å². The summed E-state index contributed by atoms with van der Waals surface area (Å²) in [5.41, 5.74) is 1.63. The first-order valence-corrected chi connectivity index (χ1v) is 7.66. The zero-order valence-corrected chi connectivity index (χ0v) is 13.9. The molecule has 0 aliphatic heterocycles. The van der Waals surface area contributed by atoms with Crippen LogP contribution in [0, 0.1) is 0 Å². The summed E-state index contributed by atoms with van der Waals surface area (Å²) >= 11 is 0. The van der Waals surface area contributed by atoms with Crippen molar-refractivity contribution in [3.8, 4) is 11.5 Å². The van der Waals surface area contributed by atoms with E-state index in [9.17, 15) is 9.90 Å². The maximum Gasteiger partial charge on any atom is 0.161 e. The molecule has 132 valence electrons. The largest absolute Gasteiger partial charge is 0.545 e. The van der Waals surface area contributed by atoms with Crippen LogP contribution >= 0.6 is 0 Å². The standard InChI is InChI=1S/C18H16N4O4/c1-25-17-8-13(9-21-22-11-19-20-12-22)5-6-16(17)26-10-14-3-2-4-15(7-14)18(23)24/h2-9,11-12H,10H2,1H3,(H,23,24)/p-1/b21-9-. The third kappa shape index (κ3) is 4.23. The summed E-state index contributed by atoms with van der Waals surface area (Å²) < 4.78 is 12.6. The van der Waals surface area contributed by atoms with Crippen molar-refractivity contribution in [3.05, 3.63) is 71.8 Å². The van der Waals surface area contributed by atoms with Crippen molar-refractivity contribution in [1.82, 2.24) is 14.9 Å². The number of methoxy groups -OCH3 is 1. The quantitative estimate of drug-likeness (QED) is 0.591. The van der Waals surface area contributed by atoms with Gasteiger partial charge in [0, 0.05) is 0 Å². The van der Waals surface area contributed by atoms with Gasteiger partial charge in [-0.15, -0.1) is 10.2 Å². The fourth-order valence-corrected chi connectivity index (χ4v) is 2.22. The predicted molar refractivity (Wildman–Crippen MR) is 91.1 cm³/mol. The molecule has 0 amide bonds. The molecule has 1 heterocycles. The van der Waals surface area contributed by atoms with Gasteiger partial charge in [0.1, 0.15) is 19.3 Å². The molecule has 0 atom stereocenters. The van der Waals surface area contributed by atoms with Gasteiger partial charge in [0.05, 0.1) is 19.3 Å². The van der Waals surface area contributed by atoms with E-state index in [2.05, 4.69) is 15.3 Å². The molecule has 0 saturated carbocycles. The summed E-state index contributed by atoms with van der Waals surface area (Å²) in [7, 11) is 1.54. The van der Waals surface area contributed by atoms with Crippen molar-refractivity contribution in [3.63, 3.8) is 0 Å². The van der Waals surface area contributed by atoms with Gasteiger partial charge in [0.15, 0.2) is 11.5 Å². The number of carboxylic acids is 1. The zero-order valence-electron chi connectivity index (χ0n) is 13.9. The first kappa shape index (κ1) is 17.2. The number of hydrogen-bond acceptors (Lipinski definition) is 7. The SMILES string of the molecule is COc1cc(/C=N\n2cnnc2)ccc1OCc1cccc(C(=O)[O-])c1. The van der Waals surface area contributed by atoms with Crippen molar-refractivity contribution in [2.45, 2.75) is 6.61 Å². The minimum absolute atomic E-state index is 0.110. The van der Waals surface area contributed by atoms with E-state index in [4.69, 9.17) is 9.47 Å². The predicted octanol–water partition coefficient (Wildman–Crippen LogP) is 1.11. The minimum Gasteiger partial charge on any atom is -0.545 e. The lowest BCUT2D eigenvalue weighted by molar-refractivity contribution is -0.255. The highest BCUT2D eigenvalue weighted by Gasteiger charge is 2.06. The van der Waals surface area contributed by atoms with Crippen molar-refractivity contribution in [2.75, 3.05) is 7.11 Å². The van der Waals surface area contributed by atoms with Crippen LogP contribution in [0.3, 0.4) is 0 Å². The molecule has 2 aromatic carbocycles. The van der Waals surface area contributed by atoms with Gasteiger partial charge < -0.3 is 19.4 Å². The van der Waals surface area contributed by atoms with E-state index >= 15 is 0 Å². The van der Waals surface area contributed by atoms with Crippen LogP contribution in [0.2, 0.25) is 0 Å². The number of carbonyl (C=O) groups is 1. The van der Waals surface area contributed by atoms with Crippen LogP contribution < -0.4 is 14.6 Å². The van der Waals surface area contributed by atoms with Gasteiger partial charge in [-0.25, -0.2) is 4.68 Å². The molecule has 8 nitrogen and oxygen atoms in total. The van der Waals surface area contributed by atoms with E-state index in [1.54, 1.807) is 37.6 Å². The summed E-state index contributed by atoms with van der Waals surface area (Å²) in [5.74, 6) is -0.150. The van der Waals surface area contributed by atoms with E-state index < -0.39 is 5.97 Å². The average Bonchev–Trinajstić information content (AvgIpc) is 3.18. The van der Waals surface area contributed by atoms with Crippen LogP contribution in [0.1, 0.15) is 21.5 Å². The van der Waals surface area contributed by atoms with Gasteiger partial charge >= 0.3 is 0 Å². The third-order valence-corrected chi connectivity index (χ3v) is 3.49. The van der Waals surface area contributed by atoms with Crippen LogP contribution in [0.15, 0.2) is 60.2 Å². The number of carboxylic acid groups (broad SMARTS) is 1. The van der Waals surface area contributed by atoms with Crippen molar-refractivity contribution in [1.29, 1.82) is 0 Å². The van der Waals surface area contributed by atoms with Gasteiger partial charge in [-0.2, -0.15) is 5.10 Å². The summed E-state index contributed by atoms with van der Waals surface area (Å²) in [5, 5.41) is 22.4. The van der Waals surface area contributed by atoms with E-state index in [1.165, 1.54) is 29.5 Å². The fraction of sp³-hybridized carbons (Fsp3) is 0.111. The van der Waals surface area contributed by atoms with Gasteiger partial charge in [-0.05, 0) is 41.0 Å². The highest BCUT2D eigenvalue weighted by molar-refractivity contribution is 5.85. The molecule has 0 unspecified atom stereocenters. The van der Waals surface area contributed by atoms with Gasteiger partial charge in [0.2, 0.25) is 0 Å². The van der Waals surface area contributed by atoms with Crippen LogP contribution in [0.5, 0.6) is 11.5 Å². The number of aromatic nitrogens is 3. The molecule has 26 heavy (non-hydrogen) atoms.